The number of aryl methyl sites for hydroxylation is 1. The van der Waals surface area contributed by atoms with E-state index in [1.54, 1.807) is 11.1 Å². The predicted molar refractivity (Wildman–Crippen MR) is 85.8 cm³/mol. The summed E-state index contributed by atoms with van der Waals surface area (Å²) in [6, 6.07) is 1.87. The predicted octanol–water partition coefficient (Wildman–Crippen LogP) is 2.84. The summed E-state index contributed by atoms with van der Waals surface area (Å²) in [4.78, 5) is 22.5. The minimum absolute atomic E-state index is 0.219. The molecule has 1 N–H and O–H groups in total. The molecule has 0 radical (unpaired) electrons. The van der Waals surface area contributed by atoms with E-state index in [4.69, 9.17) is 4.74 Å². The average Bonchev–Trinajstić information content (AvgIpc) is 2.44. The third kappa shape index (κ3) is 5.16. The van der Waals surface area contributed by atoms with E-state index in [0.29, 0.717) is 18.4 Å². The van der Waals surface area contributed by atoms with Crippen molar-refractivity contribution in [3.63, 3.8) is 0 Å². The molecule has 0 aromatic carbocycles. The van der Waals surface area contributed by atoms with Crippen molar-refractivity contribution in [2.75, 3.05) is 25.0 Å². The van der Waals surface area contributed by atoms with Gasteiger partial charge in [-0.15, -0.1) is 0 Å². The minimum atomic E-state index is -0.447. The molecule has 2 rings (SSSR count). The second-order valence-electron chi connectivity index (χ2n) is 6.84. The molecule has 22 heavy (non-hydrogen) atoms. The molecule has 0 aliphatic carbocycles. The molecule has 1 atom stereocenters. The van der Waals surface area contributed by atoms with Gasteiger partial charge in [0.1, 0.15) is 5.60 Å². The Balaban J connectivity index is 1.84. The number of aromatic nitrogens is 2. The second-order valence-corrected chi connectivity index (χ2v) is 6.84. The van der Waals surface area contributed by atoms with Crippen LogP contribution in [0, 0.1) is 12.8 Å². The molecule has 1 aliphatic rings. The second kappa shape index (κ2) is 6.94. The summed E-state index contributed by atoms with van der Waals surface area (Å²) in [6.45, 7) is 9.87. The molecule has 6 heteroatoms. The van der Waals surface area contributed by atoms with Crippen molar-refractivity contribution in [3.8, 4) is 0 Å². The van der Waals surface area contributed by atoms with Crippen LogP contribution in [0.4, 0.5) is 10.7 Å². The molecule has 0 saturated carbocycles. The highest BCUT2D eigenvalue weighted by atomic mass is 16.6. The zero-order valence-corrected chi connectivity index (χ0v) is 13.9. The highest BCUT2D eigenvalue weighted by molar-refractivity contribution is 5.68. The van der Waals surface area contributed by atoms with Crippen LogP contribution in [-0.2, 0) is 4.74 Å². The van der Waals surface area contributed by atoms with E-state index in [1.807, 2.05) is 33.8 Å². The summed E-state index contributed by atoms with van der Waals surface area (Å²) < 4.78 is 5.45. The number of carbonyl (C=O) groups is 1. The number of nitrogens with one attached hydrogen (secondary N) is 1. The van der Waals surface area contributed by atoms with Crippen LogP contribution in [0.2, 0.25) is 0 Å². The minimum Gasteiger partial charge on any atom is -0.444 e. The lowest BCUT2D eigenvalue weighted by molar-refractivity contribution is 0.0172. The van der Waals surface area contributed by atoms with E-state index in [2.05, 4.69) is 15.3 Å². The van der Waals surface area contributed by atoms with Crippen LogP contribution < -0.4 is 5.32 Å². The summed E-state index contributed by atoms with van der Waals surface area (Å²) in [7, 11) is 0. The van der Waals surface area contributed by atoms with Crippen molar-refractivity contribution in [2.45, 2.75) is 46.1 Å². The summed E-state index contributed by atoms with van der Waals surface area (Å²) in [5, 5.41) is 3.26. The fourth-order valence-corrected chi connectivity index (χ4v) is 2.49. The van der Waals surface area contributed by atoms with E-state index < -0.39 is 5.60 Å². The lowest BCUT2D eigenvalue weighted by Crippen LogP contribution is -2.44. The molecule has 0 bridgehead atoms. The standard InChI is InChI=1S/C16H26N4O2/c1-12-7-8-17-14(19-12)18-10-13-6-5-9-20(11-13)15(21)22-16(2,3)4/h7-8,13H,5-6,9-11H2,1-4H3,(H,17,18,19). The van der Waals surface area contributed by atoms with E-state index in [1.165, 1.54) is 0 Å². The Labute approximate surface area is 132 Å². The van der Waals surface area contributed by atoms with Gasteiger partial charge in [-0.05, 0) is 52.5 Å². The Bertz CT molecular complexity index is 513. The van der Waals surface area contributed by atoms with Gasteiger partial charge in [-0.25, -0.2) is 14.8 Å². The molecular formula is C16H26N4O2. The van der Waals surface area contributed by atoms with E-state index in [0.717, 1.165) is 31.6 Å². The maximum atomic E-state index is 12.1. The van der Waals surface area contributed by atoms with Crippen molar-refractivity contribution in [3.05, 3.63) is 18.0 Å². The molecule has 1 amide bonds. The maximum Gasteiger partial charge on any atom is 0.410 e. The Kier molecular flexibility index (Phi) is 5.21. The maximum absolute atomic E-state index is 12.1. The lowest BCUT2D eigenvalue weighted by Gasteiger charge is -2.34. The number of hydrogen-bond acceptors (Lipinski definition) is 5. The van der Waals surface area contributed by atoms with Crippen molar-refractivity contribution in [2.24, 2.45) is 5.92 Å². The van der Waals surface area contributed by atoms with Gasteiger partial charge in [-0.2, -0.15) is 0 Å². The Morgan fingerprint density at radius 2 is 2.27 bits per heavy atom. The number of nitrogens with zero attached hydrogens (tertiary/aromatic N) is 3. The SMILES string of the molecule is Cc1ccnc(NCC2CCCN(C(=O)OC(C)(C)C)C2)n1. The smallest absolute Gasteiger partial charge is 0.410 e. The highest BCUT2D eigenvalue weighted by Crippen LogP contribution is 2.19. The molecule has 1 aromatic heterocycles. The van der Waals surface area contributed by atoms with Crippen molar-refractivity contribution in [1.29, 1.82) is 0 Å². The Hall–Kier alpha value is -1.85. The molecular weight excluding hydrogens is 280 g/mol. The largest absolute Gasteiger partial charge is 0.444 e. The number of piperidine rings is 1. The highest BCUT2D eigenvalue weighted by Gasteiger charge is 2.27. The fourth-order valence-electron chi connectivity index (χ4n) is 2.49. The summed E-state index contributed by atoms with van der Waals surface area (Å²) in [6.07, 6.45) is 3.63. The monoisotopic (exact) mass is 306 g/mol. The zero-order chi connectivity index (χ0) is 16.2. The van der Waals surface area contributed by atoms with Crippen LogP contribution in [0.25, 0.3) is 0 Å². The van der Waals surface area contributed by atoms with E-state index in [-0.39, 0.29) is 6.09 Å². The molecule has 0 spiro atoms. The van der Waals surface area contributed by atoms with Gasteiger partial charge in [0, 0.05) is 31.5 Å². The van der Waals surface area contributed by atoms with Gasteiger partial charge in [-0.3, -0.25) is 0 Å². The molecule has 1 unspecified atom stereocenters. The number of amides is 1. The molecule has 2 heterocycles. The molecule has 122 valence electrons. The molecule has 6 nitrogen and oxygen atoms in total. The van der Waals surface area contributed by atoms with Gasteiger partial charge in [0.05, 0.1) is 0 Å². The van der Waals surface area contributed by atoms with Gasteiger partial charge in [0.15, 0.2) is 0 Å². The van der Waals surface area contributed by atoms with Gasteiger partial charge >= 0.3 is 6.09 Å². The third-order valence-corrected chi connectivity index (χ3v) is 3.51. The molecule has 1 aromatic rings. The van der Waals surface area contributed by atoms with Crippen molar-refractivity contribution < 1.29 is 9.53 Å². The van der Waals surface area contributed by atoms with Gasteiger partial charge < -0.3 is 15.0 Å². The number of anilines is 1. The summed E-state index contributed by atoms with van der Waals surface area (Å²) in [5.74, 6) is 1.04. The fraction of sp³-hybridized carbons (Fsp3) is 0.688. The quantitative estimate of drug-likeness (QED) is 0.930. The third-order valence-electron chi connectivity index (χ3n) is 3.51. The van der Waals surface area contributed by atoms with Crippen LogP contribution in [0.1, 0.15) is 39.3 Å². The van der Waals surface area contributed by atoms with Crippen LogP contribution in [-0.4, -0.2) is 46.2 Å². The first-order chi connectivity index (χ1) is 10.3. The molecule has 1 fully saturated rings. The van der Waals surface area contributed by atoms with Crippen LogP contribution in [0.3, 0.4) is 0 Å². The number of carbonyl (C=O) groups excluding carboxylic acids is 1. The number of rotatable bonds is 3. The Morgan fingerprint density at radius 3 is 2.95 bits per heavy atom. The number of hydrogen-bond donors (Lipinski definition) is 1. The van der Waals surface area contributed by atoms with Gasteiger partial charge in [0.2, 0.25) is 5.95 Å². The molecule has 1 saturated heterocycles. The average molecular weight is 306 g/mol. The summed E-state index contributed by atoms with van der Waals surface area (Å²) in [5.41, 5.74) is 0.494. The first-order valence-electron chi connectivity index (χ1n) is 7.85. The van der Waals surface area contributed by atoms with Crippen molar-refractivity contribution >= 4 is 12.0 Å². The van der Waals surface area contributed by atoms with E-state index in [9.17, 15) is 4.79 Å². The summed E-state index contributed by atoms with van der Waals surface area (Å²) >= 11 is 0. The van der Waals surface area contributed by atoms with E-state index >= 15 is 0 Å². The first-order valence-corrected chi connectivity index (χ1v) is 7.85. The Morgan fingerprint density at radius 1 is 1.50 bits per heavy atom. The number of likely N-dealkylation sites (tertiary alicyclic amines) is 1. The normalized spacial score (nSPS) is 18.9. The van der Waals surface area contributed by atoms with Crippen LogP contribution >= 0.6 is 0 Å². The van der Waals surface area contributed by atoms with Crippen LogP contribution in [0.5, 0.6) is 0 Å². The zero-order valence-electron chi connectivity index (χ0n) is 13.9. The topological polar surface area (TPSA) is 67.4 Å². The van der Waals surface area contributed by atoms with Gasteiger partial charge in [-0.1, -0.05) is 0 Å². The van der Waals surface area contributed by atoms with Gasteiger partial charge in [0.25, 0.3) is 0 Å². The van der Waals surface area contributed by atoms with Crippen molar-refractivity contribution in [1.82, 2.24) is 14.9 Å². The lowest BCUT2D eigenvalue weighted by atomic mass is 9.98. The number of ether oxygens (including phenoxy) is 1. The first kappa shape index (κ1) is 16.5. The molecule has 1 aliphatic heterocycles. The van der Waals surface area contributed by atoms with Crippen LogP contribution in [0.15, 0.2) is 12.3 Å².